The Morgan fingerprint density at radius 2 is 1.43 bits per heavy atom. The monoisotopic (exact) mass is 1040 g/mol. The molecule has 0 aromatic heterocycles. The van der Waals surface area contributed by atoms with Gasteiger partial charge >= 0.3 is 11.9 Å². The number of likely N-dealkylation sites (N-methyl/N-ethyl adjacent to an activating group) is 1. The average Bonchev–Trinajstić information content (AvgIpc) is 3.36. The Balaban J connectivity index is 2.14. The molecule has 75 heavy (non-hydrogen) atoms. The van der Waals surface area contributed by atoms with Crippen molar-refractivity contribution in [2.24, 2.45) is 34.2 Å². The molecule has 1 aliphatic heterocycles. The van der Waals surface area contributed by atoms with Crippen molar-refractivity contribution in [1.29, 1.82) is 0 Å². The number of phenolic OH excluding ortho intramolecular Hbond substituents is 1. The van der Waals surface area contributed by atoms with E-state index in [4.69, 9.17) is 16.2 Å². The highest BCUT2D eigenvalue weighted by atomic mass is 16.5. The molecule has 2 aromatic carbocycles. The minimum Gasteiger partial charge on any atom is -0.508 e. The molecule has 0 bridgehead atoms. The van der Waals surface area contributed by atoms with Crippen LogP contribution in [0.2, 0.25) is 0 Å². The van der Waals surface area contributed by atoms with E-state index in [2.05, 4.69) is 43.5 Å². The molecule has 2 aromatic rings. The van der Waals surface area contributed by atoms with Crippen LogP contribution in [0.1, 0.15) is 71.4 Å². The van der Waals surface area contributed by atoms with Gasteiger partial charge in [0, 0.05) is 39.5 Å². The molecule has 23 heteroatoms. The number of allylic oxidation sites excluding steroid dienone is 2. The number of nitrogens with two attached hydrogens (primary N) is 2. The van der Waals surface area contributed by atoms with Gasteiger partial charge in [-0.2, -0.15) is 0 Å². The van der Waals surface area contributed by atoms with E-state index in [1.54, 1.807) is 20.1 Å². The summed E-state index contributed by atoms with van der Waals surface area (Å²) in [6.45, 7) is 11.3. The highest BCUT2D eigenvalue weighted by Crippen LogP contribution is 2.19. The number of nitrogens with zero attached hydrogens (tertiary/aromatic N) is 2. The van der Waals surface area contributed by atoms with E-state index in [1.165, 1.54) is 58.2 Å². The number of carboxylic acids is 2. The first-order chi connectivity index (χ1) is 35.3. The van der Waals surface area contributed by atoms with E-state index in [0.717, 1.165) is 10.5 Å². The Kier molecular flexibility index (Phi) is 24.1. The molecule has 13 N–H and O–H groups in total. The number of rotatable bonds is 15. The lowest BCUT2D eigenvalue weighted by atomic mass is 9.94. The number of aliphatic imine (C=N–C) groups is 1. The predicted molar refractivity (Wildman–Crippen MR) is 277 cm³/mol. The quantitative estimate of drug-likeness (QED) is 0.0381. The second kappa shape index (κ2) is 29.6. The number of hydrogen-bond acceptors (Lipinski definition) is 12. The molecule has 1 heterocycles. The van der Waals surface area contributed by atoms with Crippen molar-refractivity contribution in [2.45, 2.75) is 115 Å². The van der Waals surface area contributed by atoms with Gasteiger partial charge < -0.3 is 68.3 Å². The number of carbonyl (C=O) groups excluding carboxylic acids is 7. The summed E-state index contributed by atoms with van der Waals surface area (Å²) in [4.78, 5) is 127. The Bertz CT molecular complexity index is 2460. The Labute approximate surface area is 436 Å². The number of aliphatic carboxylic acids is 2. The molecule has 0 spiro atoms. The lowest BCUT2D eigenvalue weighted by Gasteiger charge is -2.28. The van der Waals surface area contributed by atoms with E-state index < -0.39 is 120 Å². The molecule has 408 valence electrons. The zero-order valence-corrected chi connectivity index (χ0v) is 43.3. The molecular weight excluding hydrogens is 973 g/mol. The van der Waals surface area contributed by atoms with Crippen LogP contribution in [-0.2, 0) is 60.7 Å². The maximum absolute atomic E-state index is 14.4. The number of aromatic hydroxyl groups is 1. The van der Waals surface area contributed by atoms with Crippen molar-refractivity contribution in [3.63, 3.8) is 0 Å². The molecular formula is C52H72N10O13. The molecule has 1 saturated heterocycles. The van der Waals surface area contributed by atoms with Crippen LogP contribution in [-0.4, -0.2) is 143 Å². The first-order valence-corrected chi connectivity index (χ1v) is 24.3. The van der Waals surface area contributed by atoms with E-state index in [0.29, 0.717) is 17.6 Å². The van der Waals surface area contributed by atoms with E-state index in [1.807, 2.05) is 43.3 Å². The molecule has 10 atom stereocenters. The van der Waals surface area contributed by atoms with Gasteiger partial charge in [0.2, 0.25) is 35.4 Å². The Hall–Kier alpha value is -8.08. The van der Waals surface area contributed by atoms with Crippen LogP contribution >= 0.6 is 0 Å². The second-order valence-electron chi connectivity index (χ2n) is 18.5. The number of methoxy groups -OCH3 is 1. The van der Waals surface area contributed by atoms with Crippen LogP contribution in [0.3, 0.4) is 0 Å². The Morgan fingerprint density at radius 3 is 2.03 bits per heavy atom. The standard InChI is InChI=1S/C52H72N10O13/c1-28(25-29(2)41(75-8)27-34-13-10-9-11-14-34)16-21-37-30(3)44(65)59-39(50(71)72)22-23-42(64)62(7)33(6)47(68)56-32(5)46(67)60-40(26-35-17-19-36(63)20-18-35)49(70)61-43(51(73)74)31(4)45(66)58-38(48(69)57-37)15-12-24-55-52(53)54/h9-11,13-14,16-21,25,29-32,37-41,43,63H,6,12,15,22-24,26-27H2,1-5,7-8H3,(H,56,68)(H,57,69)(H,58,66)(H,59,65)(H,60,67)(H,61,70)(H,71,72)(H,73,74)(H4,53,54,55). The maximum Gasteiger partial charge on any atom is 0.327 e. The molecule has 1 aliphatic rings. The summed E-state index contributed by atoms with van der Waals surface area (Å²) in [5.74, 6) is -13.0. The van der Waals surface area contributed by atoms with Gasteiger partial charge in [0.1, 0.15) is 41.7 Å². The fourth-order valence-electron chi connectivity index (χ4n) is 7.83. The minimum absolute atomic E-state index is 0.00181. The summed E-state index contributed by atoms with van der Waals surface area (Å²) in [6.07, 6.45) is 4.20. The number of ether oxygens (including phenoxy) is 1. The van der Waals surface area contributed by atoms with Crippen LogP contribution in [0, 0.1) is 17.8 Å². The zero-order valence-electron chi connectivity index (χ0n) is 43.3. The highest BCUT2D eigenvalue weighted by Gasteiger charge is 2.37. The summed E-state index contributed by atoms with van der Waals surface area (Å²) in [7, 11) is 2.80. The van der Waals surface area contributed by atoms with Crippen molar-refractivity contribution in [2.75, 3.05) is 20.7 Å². The average molecular weight is 1050 g/mol. The van der Waals surface area contributed by atoms with E-state index in [9.17, 15) is 58.5 Å². The van der Waals surface area contributed by atoms with Gasteiger partial charge in [-0.05, 0) is 62.8 Å². The van der Waals surface area contributed by atoms with Gasteiger partial charge in [-0.3, -0.25) is 38.6 Å². The van der Waals surface area contributed by atoms with Crippen molar-refractivity contribution in [3.8, 4) is 5.75 Å². The summed E-state index contributed by atoms with van der Waals surface area (Å²) < 4.78 is 5.82. The fraction of sp³-hybridized carbons (Fsp3) is 0.462. The molecule has 0 saturated carbocycles. The topological polar surface area (TPSA) is 363 Å². The van der Waals surface area contributed by atoms with Crippen molar-refractivity contribution >= 4 is 59.2 Å². The second-order valence-corrected chi connectivity index (χ2v) is 18.5. The lowest BCUT2D eigenvalue weighted by molar-refractivity contribution is -0.146. The third-order valence-electron chi connectivity index (χ3n) is 12.6. The number of phenols is 1. The van der Waals surface area contributed by atoms with Gasteiger partial charge in [-0.25, -0.2) is 9.59 Å². The highest BCUT2D eigenvalue weighted by molar-refractivity contribution is 6.00. The van der Waals surface area contributed by atoms with Gasteiger partial charge in [0.15, 0.2) is 5.96 Å². The predicted octanol–water partition coefficient (Wildman–Crippen LogP) is 0.521. The fourth-order valence-corrected chi connectivity index (χ4v) is 7.83. The third kappa shape index (κ3) is 19.7. The van der Waals surface area contributed by atoms with Crippen molar-refractivity contribution in [1.82, 2.24) is 36.8 Å². The van der Waals surface area contributed by atoms with Crippen molar-refractivity contribution < 1.29 is 63.2 Å². The summed E-state index contributed by atoms with van der Waals surface area (Å²) >= 11 is 0. The number of nitrogens with one attached hydrogen (secondary N) is 6. The van der Waals surface area contributed by atoms with Crippen molar-refractivity contribution in [3.05, 3.63) is 102 Å². The number of carboxylic acid groups (broad SMARTS) is 2. The van der Waals surface area contributed by atoms with Crippen LogP contribution in [0.5, 0.6) is 5.75 Å². The van der Waals surface area contributed by atoms with E-state index in [-0.39, 0.29) is 49.5 Å². The van der Waals surface area contributed by atoms with Gasteiger partial charge in [0.25, 0.3) is 5.91 Å². The largest absolute Gasteiger partial charge is 0.508 e. The normalized spacial score (nSPS) is 24.5. The first kappa shape index (κ1) is 61.2. The number of amides is 7. The lowest BCUT2D eigenvalue weighted by Crippen LogP contribution is -2.59. The molecule has 0 aliphatic carbocycles. The summed E-state index contributed by atoms with van der Waals surface area (Å²) in [6, 6.07) is 6.06. The number of carbonyl (C=O) groups is 9. The maximum atomic E-state index is 14.4. The SMILES string of the molecule is C=C1C(=O)NC(C)C(=O)NC(Cc2ccc(O)cc2)C(=O)NC(C(=O)O)C(C)C(=O)NC(CCCN=C(N)N)C(=O)NC(C=CC(C)=CC(C)C(Cc2ccccc2)OC)C(C)C(=O)NC(C(=O)O)CCC(=O)N1C. The summed E-state index contributed by atoms with van der Waals surface area (Å²) in [5.41, 5.74) is 12.7. The van der Waals surface area contributed by atoms with Crippen LogP contribution in [0.4, 0.5) is 0 Å². The number of guanidine groups is 1. The van der Waals surface area contributed by atoms with Crippen LogP contribution < -0.4 is 43.4 Å². The minimum atomic E-state index is -1.96. The number of hydrogen-bond donors (Lipinski definition) is 11. The molecule has 23 nitrogen and oxygen atoms in total. The van der Waals surface area contributed by atoms with Crippen LogP contribution in [0.15, 0.2) is 95.7 Å². The first-order valence-electron chi connectivity index (χ1n) is 24.3. The molecule has 10 unspecified atom stereocenters. The van der Waals surface area contributed by atoms with Gasteiger partial charge in [-0.15, -0.1) is 0 Å². The number of benzene rings is 2. The van der Waals surface area contributed by atoms with Gasteiger partial charge in [-0.1, -0.05) is 93.6 Å². The summed E-state index contributed by atoms with van der Waals surface area (Å²) in [5, 5.41) is 45.4. The smallest absolute Gasteiger partial charge is 0.327 e. The molecule has 7 amide bonds. The molecule has 0 radical (unpaired) electrons. The molecule has 1 fully saturated rings. The van der Waals surface area contributed by atoms with Gasteiger partial charge in [0.05, 0.1) is 24.0 Å². The third-order valence-corrected chi connectivity index (χ3v) is 12.6. The molecule has 3 rings (SSSR count). The zero-order chi connectivity index (χ0) is 56.1. The Morgan fingerprint density at radius 1 is 0.813 bits per heavy atom. The van der Waals surface area contributed by atoms with Crippen LogP contribution in [0.25, 0.3) is 0 Å². The van der Waals surface area contributed by atoms with E-state index >= 15 is 0 Å².